The van der Waals surface area contributed by atoms with Gasteiger partial charge in [-0.2, -0.15) is 0 Å². The second kappa shape index (κ2) is 14.2. The SMILES string of the molecule is CC(C)(N)C(=O)N[C@H](COCc1ccccc1)c1nnnn1CCOC(=O)NCCCCCO. The van der Waals surface area contributed by atoms with Crippen LogP contribution in [0.5, 0.6) is 0 Å². The van der Waals surface area contributed by atoms with Crippen molar-refractivity contribution in [2.45, 2.75) is 57.8 Å². The number of alkyl carbamates (subject to hydrolysis) is 1. The quantitative estimate of drug-likeness (QED) is 0.270. The normalized spacial score (nSPS) is 12.2. The van der Waals surface area contributed by atoms with Crippen LogP contribution in [0.4, 0.5) is 4.79 Å². The van der Waals surface area contributed by atoms with Gasteiger partial charge in [0.15, 0.2) is 5.82 Å². The third-order valence-electron chi connectivity index (χ3n) is 4.80. The predicted octanol–water partition coefficient (Wildman–Crippen LogP) is 0.673. The summed E-state index contributed by atoms with van der Waals surface area (Å²) in [6, 6.07) is 8.98. The van der Waals surface area contributed by atoms with Gasteiger partial charge in [0, 0.05) is 13.2 Å². The molecule has 0 spiro atoms. The van der Waals surface area contributed by atoms with Gasteiger partial charge in [-0.05, 0) is 49.1 Å². The zero-order valence-corrected chi connectivity index (χ0v) is 19.8. The number of carbonyl (C=O) groups is 2. The molecule has 0 aliphatic carbocycles. The average molecular weight is 478 g/mol. The summed E-state index contributed by atoms with van der Waals surface area (Å²) in [5, 5.41) is 25.9. The monoisotopic (exact) mass is 477 g/mol. The number of aliphatic hydroxyl groups excluding tert-OH is 1. The van der Waals surface area contributed by atoms with Gasteiger partial charge in [0.1, 0.15) is 12.6 Å². The fraction of sp³-hybridized carbons (Fsp3) is 0.591. The van der Waals surface area contributed by atoms with Gasteiger partial charge >= 0.3 is 6.09 Å². The second-order valence-electron chi connectivity index (χ2n) is 8.36. The van der Waals surface area contributed by atoms with Crippen molar-refractivity contribution in [3.63, 3.8) is 0 Å². The molecule has 0 fully saturated rings. The highest BCUT2D eigenvalue weighted by Gasteiger charge is 2.28. The molecular weight excluding hydrogens is 442 g/mol. The number of tetrazole rings is 1. The molecule has 188 valence electrons. The zero-order chi connectivity index (χ0) is 24.8. The van der Waals surface area contributed by atoms with Crippen LogP contribution < -0.4 is 16.4 Å². The molecule has 1 aromatic heterocycles. The molecule has 12 heteroatoms. The van der Waals surface area contributed by atoms with E-state index in [9.17, 15) is 9.59 Å². The van der Waals surface area contributed by atoms with Crippen LogP contribution in [-0.2, 0) is 27.4 Å². The molecule has 0 saturated heterocycles. The second-order valence-corrected chi connectivity index (χ2v) is 8.36. The molecule has 0 aliphatic heterocycles. The highest BCUT2D eigenvalue weighted by molar-refractivity contribution is 5.85. The summed E-state index contributed by atoms with van der Waals surface area (Å²) in [4.78, 5) is 24.3. The van der Waals surface area contributed by atoms with Gasteiger partial charge in [0.25, 0.3) is 0 Å². The summed E-state index contributed by atoms with van der Waals surface area (Å²) in [5.74, 6) is -0.0224. The van der Waals surface area contributed by atoms with E-state index in [4.69, 9.17) is 20.3 Å². The first-order valence-electron chi connectivity index (χ1n) is 11.3. The number of benzene rings is 1. The first kappa shape index (κ1) is 27.2. The van der Waals surface area contributed by atoms with E-state index in [2.05, 4.69) is 26.2 Å². The van der Waals surface area contributed by atoms with Crippen molar-refractivity contribution in [2.75, 3.05) is 26.4 Å². The third-order valence-corrected chi connectivity index (χ3v) is 4.80. The molecule has 1 heterocycles. The Morgan fingerprint density at radius 2 is 1.97 bits per heavy atom. The van der Waals surface area contributed by atoms with E-state index in [-0.39, 0.29) is 32.3 Å². The van der Waals surface area contributed by atoms with Crippen LogP contribution in [0.3, 0.4) is 0 Å². The lowest BCUT2D eigenvalue weighted by atomic mass is 10.1. The fourth-order valence-corrected chi connectivity index (χ4v) is 2.89. The molecule has 12 nitrogen and oxygen atoms in total. The van der Waals surface area contributed by atoms with Crippen LogP contribution in [0, 0.1) is 0 Å². The molecular formula is C22H35N7O5. The first-order chi connectivity index (χ1) is 16.3. The molecule has 34 heavy (non-hydrogen) atoms. The third kappa shape index (κ3) is 9.81. The summed E-state index contributed by atoms with van der Waals surface area (Å²) < 4.78 is 12.4. The molecule has 0 aliphatic rings. The van der Waals surface area contributed by atoms with Crippen LogP contribution in [-0.4, -0.2) is 69.2 Å². The molecule has 5 N–H and O–H groups in total. The number of hydrogen-bond donors (Lipinski definition) is 4. The standard InChI is InChI=1S/C22H35N7O5/c1-22(2,23)20(31)25-18(16-33-15-17-9-5-3-6-10-17)19-26-27-28-29(19)12-14-34-21(32)24-11-7-4-8-13-30/h3,5-6,9-10,18,30H,4,7-8,11-16,23H2,1-2H3,(H,24,32)(H,25,31)/t18-/m1/s1. The Balaban J connectivity index is 1.92. The van der Waals surface area contributed by atoms with E-state index in [0.29, 0.717) is 25.4 Å². The molecule has 2 aromatic rings. The van der Waals surface area contributed by atoms with E-state index in [1.807, 2.05) is 30.3 Å². The number of hydrogen-bond acceptors (Lipinski definition) is 9. The maximum absolute atomic E-state index is 12.5. The van der Waals surface area contributed by atoms with Crippen molar-refractivity contribution < 1.29 is 24.2 Å². The van der Waals surface area contributed by atoms with Crippen molar-refractivity contribution in [3.8, 4) is 0 Å². The number of unbranched alkanes of at least 4 members (excludes halogenated alkanes) is 2. The van der Waals surface area contributed by atoms with Crippen molar-refractivity contribution in [1.29, 1.82) is 0 Å². The molecule has 2 amide bonds. The number of nitrogens with zero attached hydrogens (tertiary/aromatic N) is 4. The minimum Gasteiger partial charge on any atom is -0.448 e. The molecule has 2 rings (SSSR count). The van der Waals surface area contributed by atoms with Crippen molar-refractivity contribution >= 4 is 12.0 Å². The van der Waals surface area contributed by atoms with E-state index in [1.54, 1.807) is 13.8 Å². The van der Waals surface area contributed by atoms with E-state index in [1.165, 1.54) is 4.68 Å². The molecule has 1 atom stereocenters. The number of nitrogens with one attached hydrogen (secondary N) is 2. The largest absolute Gasteiger partial charge is 0.448 e. The number of rotatable bonds is 15. The van der Waals surface area contributed by atoms with Crippen LogP contribution in [0.25, 0.3) is 0 Å². The Morgan fingerprint density at radius 3 is 2.68 bits per heavy atom. The Bertz CT molecular complexity index is 870. The lowest BCUT2D eigenvalue weighted by Crippen LogP contribution is -2.51. The maximum Gasteiger partial charge on any atom is 0.407 e. The predicted molar refractivity (Wildman–Crippen MR) is 123 cm³/mol. The topological polar surface area (TPSA) is 167 Å². The summed E-state index contributed by atoms with van der Waals surface area (Å²) >= 11 is 0. The van der Waals surface area contributed by atoms with Crippen LogP contribution >= 0.6 is 0 Å². The van der Waals surface area contributed by atoms with E-state index >= 15 is 0 Å². The molecule has 0 unspecified atom stereocenters. The van der Waals surface area contributed by atoms with E-state index in [0.717, 1.165) is 18.4 Å². The van der Waals surface area contributed by atoms with Crippen molar-refractivity contribution in [1.82, 2.24) is 30.8 Å². The maximum atomic E-state index is 12.5. The highest BCUT2D eigenvalue weighted by Crippen LogP contribution is 2.13. The van der Waals surface area contributed by atoms with Gasteiger partial charge in [0.2, 0.25) is 5.91 Å². The molecule has 1 aromatic carbocycles. The van der Waals surface area contributed by atoms with Crippen molar-refractivity contribution in [2.24, 2.45) is 5.73 Å². The van der Waals surface area contributed by atoms with Crippen LogP contribution in [0.2, 0.25) is 0 Å². The number of nitrogens with two attached hydrogens (primary N) is 1. The van der Waals surface area contributed by atoms with E-state index < -0.39 is 17.7 Å². The number of aromatic nitrogens is 4. The van der Waals surface area contributed by atoms with Gasteiger partial charge in [-0.3, -0.25) is 4.79 Å². The number of aliphatic hydroxyl groups is 1. The highest BCUT2D eigenvalue weighted by atomic mass is 16.5. The van der Waals surface area contributed by atoms with Gasteiger partial charge in [0.05, 0.1) is 25.3 Å². The Kier molecular flexibility index (Phi) is 11.4. The Hall–Kier alpha value is -3.09. The minimum absolute atomic E-state index is 0.0361. The summed E-state index contributed by atoms with van der Waals surface area (Å²) in [6.07, 6.45) is 1.74. The van der Waals surface area contributed by atoms with Gasteiger partial charge < -0.3 is 30.9 Å². The Labute approximate surface area is 199 Å². The first-order valence-corrected chi connectivity index (χ1v) is 11.3. The van der Waals surface area contributed by atoms with Gasteiger partial charge in [-0.1, -0.05) is 30.3 Å². The van der Waals surface area contributed by atoms with Crippen LogP contribution in [0.1, 0.15) is 50.5 Å². The lowest BCUT2D eigenvalue weighted by molar-refractivity contribution is -0.126. The summed E-state index contributed by atoms with van der Waals surface area (Å²) in [5.41, 5.74) is 5.82. The smallest absolute Gasteiger partial charge is 0.407 e. The van der Waals surface area contributed by atoms with Crippen LogP contribution in [0.15, 0.2) is 30.3 Å². The number of ether oxygens (including phenoxy) is 2. The zero-order valence-electron chi connectivity index (χ0n) is 19.8. The minimum atomic E-state index is -1.10. The summed E-state index contributed by atoms with van der Waals surface area (Å²) in [6.45, 7) is 4.50. The average Bonchev–Trinajstić information content (AvgIpc) is 3.26. The Morgan fingerprint density at radius 1 is 1.21 bits per heavy atom. The molecule has 0 saturated carbocycles. The molecule has 0 bridgehead atoms. The number of amides is 2. The van der Waals surface area contributed by atoms with Crippen molar-refractivity contribution in [3.05, 3.63) is 41.7 Å². The fourth-order valence-electron chi connectivity index (χ4n) is 2.89. The number of carbonyl (C=O) groups excluding carboxylic acids is 2. The van der Waals surface area contributed by atoms with Gasteiger partial charge in [-0.15, -0.1) is 5.10 Å². The molecule has 0 radical (unpaired) electrons. The lowest BCUT2D eigenvalue weighted by Gasteiger charge is -2.23. The van der Waals surface area contributed by atoms with Gasteiger partial charge in [-0.25, -0.2) is 9.48 Å². The summed E-state index contributed by atoms with van der Waals surface area (Å²) in [7, 11) is 0.